The molecule has 4 rings (SSSR count). The number of rotatable bonds is 4. The van der Waals surface area contributed by atoms with Crippen LogP contribution >= 0.6 is 0 Å². The van der Waals surface area contributed by atoms with E-state index in [2.05, 4.69) is 16.9 Å². The maximum absolute atomic E-state index is 11.8. The Morgan fingerprint density at radius 1 is 1.26 bits per heavy atom. The molecule has 2 N–H and O–H groups in total. The van der Waals surface area contributed by atoms with Crippen LogP contribution in [0, 0.1) is 0 Å². The van der Waals surface area contributed by atoms with E-state index in [1.165, 1.54) is 6.92 Å². The first-order valence-corrected chi connectivity index (χ1v) is 9.18. The molecule has 0 radical (unpaired) electrons. The molecule has 0 saturated carbocycles. The molecule has 3 aromatic rings. The van der Waals surface area contributed by atoms with Gasteiger partial charge >= 0.3 is 0 Å². The number of furan rings is 1. The number of Topliss-reactive ketones (excluding diaryl/α,β-unsaturated/α-hetero) is 1. The quantitative estimate of drug-likeness (QED) is 0.547. The molecule has 27 heavy (non-hydrogen) atoms. The molecule has 1 saturated heterocycles. The van der Waals surface area contributed by atoms with Crippen molar-refractivity contribution in [2.45, 2.75) is 25.8 Å². The summed E-state index contributed by atoms with van der Waals surface area (Å²) in [5.74, 6) is 0.0410. The summed E-state index contributed by atoms with van der Waals surface area (Å²) in [4.78, 5) is 22.1. The first-order valence-electron chi connectivity index (χ1n) is 9.18. The van der Waals surface area contributed by atoms with Gasteiger partial charge < -0.3 is 19.4 Å². The standard InChI is InChI=1S/C21H23N3O3/c1-13(25)14-3-4-18-17(11-14)19(21(26)23-18)20(15-7-10-27-12-15)22-16-5-8-24(2)9-6-16/h3-4,7,10-12,16,23,26H,5-6,8-9H2,1-2H3. The first kappa shape index (κ1) is 17.5. The van der Waals surface area contributed by atoms with Crippen molar-refractivity contribution >= 4 is 22.4 Å². The van der Waals surface area contributed by atoms with E-state index < -0.39 is 0 Å². The second kappa shape index (κ2) is 7.04. The van der Waals surface area contributed by atoms with E-state index in [-0.39, 0.29) is 17.7 Å². The van der Waals surface area contributed by atoms with Crippen LogP contribution in [0.3, 0.4) is 0 Å². The molecule has 6 nitrogen and oxygen atoms in total. The molecule has 0 bridgehead atoms. The van der Waals surface area contributed by atoms with Crippen molar-refractivity contribution in [3.8, 4) is 5.88 Å². The van der Waals surface area contributed by atoms with Gasteiger partial charge in [-0.25, -0.2) is 0 Å². The highest BCUT2D eigenvalue weighted by Crippen LogP contribution is 2.32. The zero-order chi connectivity index (χ0) is 19.0. The van der Waals surface area contributed by atoms with Crippen LogP contribution in [-0.2, 0) is 0 Å². The number of aromatic hydroxyl groups is 1. The molecule has 0 atom stereocenters. The molecule has 0 amide bonds. The minimum atomic E-state index is -0.0133. The van der Waals surface area contributed by atoms with Crippen molar-refractivity contribution < 1.29 is 14.3 Å². The van der Waals surface area contributed by atoms with E-state index in [0.717, 1.165) is 42.4 Å². The Labute approximate surface area is 157 Å². The van der Waals surface area contributed by atoms with Crippen LogP contribution in [0.4, 0.5) is 0 Å². The predicted octanol–water partition coefficient (Wildman–Crippen LogP) is 3.60. The van der Waals surface area contributed by atoms with E-state index in [9.17, 15) is 9.90 Å². The van der Waals surface area contributed by atoms with Crippen LogP contribution in [0.5, 0.6) is 5.88 Å². The average Bonchev–Trinajstić information content (AvgIpc) is 3.28. The Morgan fingerprint density at radius 3 is 2.70 bits per heavy atom. The fourth-order valence-electron chi connectivity index (χ4n) is 3.63. The number of ketones is 1. The number of aromatic amines is 1. The molecular formula is C21H23N3O3. The average molecular weight is 365 g/mol. The van der Waals surface area contributed by atoms with E-state index in [4.69, 9.17) is 9.41 Å². The van der Waals surface area contributed by atoms with Gasteiger partial charge in [0, 0.05) is 22.0 Å². The van der Waals surface area contributed by atoms with E-state index in [1.807, 2.05) is 18.2 Å². The molecular weight excluding hydrogens is 342 g/mol. The van der Waals surface area contributed by atoms with Gasteiger partial charge in [0.1, 0.15) is 0 Å². The van der Waals surface area contributed by atoms with Crippen LogP contribution < -0.4 is 0 Å². The highest BCUT2D eigenvalue weighted by Gasteiger charge is 2.23. The molecule has 0 aliphatic carbocycles. The number of benzene rings is 1. The summed E-state index contributed by atoms with van der Waals surface area (Å²) < 4.78 is 5.28. The van der Waals surface area contributed by atoms with Crippen LogP contribution in [0.25, 0.3) is 10.9 Å². The molecule has 0 spiro atoms. The second-order valence-electron chi connectivity index (χ2n) is 7.19. The molecule has 0 unspecified atom stereocenters. The van der Waals surface area contributed by atoms with Gasteiger partial charge in [-0.3, -0.25) is 9.79 Å². The zero-order valence-electron chi connectivity index (χ0n) is 15.5. The third kappa shape index (κ3) is 3.40. The fraction of sp³-hybridized carbons (Fsp3) is 0.333. The summed E-state index contributed by atoms with van der Waals surface area (Å²) in [6.07, 6.45) is 5.19. The Balaban J connectivity index is 1.86. The van der Waals surface area contributed by atoms with Crippen molar-refractivity contribution in [2.24, 2.45) is 4.99 Å². The van der Waals surface area contributed by atoms with Gasteiger partial charge in [0.2, 0.25) is 0 Å². The molecule has 1 aliphatic heterocycles. The highest BCUT2D eigenvalue weighted by atomic mass is 16.3. The number of aliphatic imine (C=N–C) groups is 1. The van der Waals surface area contributed by atoms with Gasteiger partial charge in [-0.15, -0.1) is 0 Å². The Morgan fingerprint density at radius 2 is 2.04 bits per heavy atom. The smallest absolute Gasteiger partial charge is 0.199 e. The molecule has 1 aromatic carbocycles. The van der Waals surface area contributed by atoms with Gasteiger partial charge in [-0.2, -0.15) is 0 Å². The number of fused-ring (bicyclic) bond motifs is 1. The Hall–Kier alpha value is -2.86. The van der Waals surface area contributed by atoms with Gasteiger partial charge in [-0.1, -0.05) is 0 Å². The number of aromatic nitrogens is 1. The fourth-order valence-corrected chi connectivity index (χ4v) is 3.63. The van der Waals surface area contributed by atoms with Gasteiger partial charge in [-0.05, 0) is 64.2 Å². The minimum Gasteiger partial charge on any atom is -0.494 e. The summed E-state index contributed by atoms with van der Waals surface area (Å²) in [6, 6.07) is 7.42. The summed E-state index contributed by atoms with van der Waals surface area (Å²) in [7, 11) is 2.12. The van der Waals surface area contributed by atoms with Crippen molar-refractivity contribution in [1.29, 1.82) is 0 Å². The summed E-state index contributed by atoms with van der Waals surface area (Å²) in [6.45, 7) is 3.54. The monoisotopic (exact) mass is 365 g/mol. The lowest BCUT2D eigenvalue weighted by atomic mass is 9.99. The number of carbonyl (C=O) groups excluding carboxylic acids is 1. The van der Waals surface area contributed by atoms with Crippen LogP contribution in [0.1, 0.15) is 41.3 Å². The summed E-state index contributed by atoms with van der Waals surface area (Å²) in [5.41, 5.74) is 3.51. The van der Waals surface area contributed by atoms with Crippen LogP contribution in [0.15, 0.2) is 46.2 Å². The van der Waals surface area contributed by atoms with Crippen LogP contribution in [0.2, 0.25) is 0 Å². The Bertz CT molecular complexity index is 993. The van der Waals surface area contributed by atoms with Gasteiger partial charge in [0.25, 0.3) is 0 Å². The molecule has 1 aliphatic rings. The predicted molar refractivity (Wildman–Crippen MR) is 105 cm³/mol. The maximum atomic E-state index is 11.8. The van der Waals surface area contributed by atoms with Gasteiger partial charge in [0.05, 0.1) is 29.8 Å². The highest BCUT2D eigenvalue weighted by molar-refractivity contribution is 6.21. The molecule has 140 valence electrons. The number of H-pyrrole nitrogens is 1. The zero-order valence-corrected chi connectivity index (χ0v) is 15.5. The van der Waals surface area contributed by atoms with Gasteiger partial charge in [0.15, 0.2) is 11.7 Å². The molecule has 2 aromatic heterocycles. The second-order valence-corrected chi connectivity index (χ2v) is 7.19. The minimum absolute atomic E-state index is 0.0133. The molecule has 1 fully saturated rings. The number of piperidine rings is 1. The van der Waals surface area contributed by atoms with Crippen LogP contribution in [-0.4, -0.2) is 52.7 Å². The normalized spacial score (nSPS) is 16.9. The third-order valence-corrected chi connectivity index (χ3v) is 5.22. The van der Waals surface area contributed by atoms with E-state index in [0.29, 0.717) is 16.8 Å². The summed E-state index contributed by atoms with van der Waals surface area (Å²) >= 11 is 0. The molecule has 3 heterocycles. The van der Waals surface area contributed by atoms with Crippen molar-refractivity contribution in [1.82, 2.24) is 9.88 Å². The third-order valence-electron chi connectivity index (χ3n) is 5.22. The largest absolute Gasteiger partial charge is 0.494 e. The lowest BCUT2D eigenvalue weighted by Gasteiger charge is -2.27. The number of hydrogen-bond acceptors (Lipinski definition) is 5. The lowest BCUT2D eigenvalue weighted by molar-refractivity contribution is 0.101. The number of likely N-dealkylation sites (tertiary alicyclic amines) is 1. The molecule has 6 heteroatoms. The van der Waals surface area contributed by atoms with E-state index in [1.54, 1.807) is 18.6 Å². The van der Waals surface area contributed by atoms with Crippen molar-refractivity contribution in [3.63, 3.8) is 0 Å². The SMILES string of the molecule is CC(=O)c1ccc2[nH]c(O)c(C(=NC3CCN(C)CC3)c3ccoc3)c2c1. The first-order chi connectivity index (χ1) is 13.0. The number of nitrogens with zero attached hydrogens (tertiary/aromatic N) is 2. The summed E-state index contributed by atoms with van der Waals surface area (Å²) in [5, 5.41) is 11.4. The lowest BCUT2D eigenvalue weighted by Crippen LogP contribution is -2.32. The van der Waals surface area contributed by atoms with E-state index >= 15 is 0 Å². The van der Waals surface area contributed by atoms with Crippen molar-refractivity contribution in [2.75, 3.05) is 20.1 Å². The number of hydrogen-bond donors (Lipinski definition) is 2. The Kier molecular flexibility index (Phi) is 4.58. The van der Waals surface area contributed by atoms with Crippen molar-refractivity contribution in [3.05, 3.63) is 53.5 Å². The number of carbonyl (C=O) groups is 1. The maximum Gasteiger partial charge on any atom is 0.199 e. The number of nitrogens with one attached hydrogen (secondary N) is 1. The topological polar surface area (TPSA) is 81.8 Å².